The van der Waals surface area contributed by atoms with Crippen LogP contribution in [0.1, 0.15) is 25.7 Å². The zero-order valence-corrected chi connectivity index (χ0v) is 10.3. The topological polar surface area (TPSA) is 65.3 Å². The fourth-order valence-electron chi connectivity index (χ4n) is 2.87. The molecule has 2 N–H and O–H groups in total. The molecule has 2 unspecified atom stereocenters. The zero-order valence-electron chi connectivity index (χ0n) is 10.3. The lowest BCUT2D eigenvalue weighted by molar-refractivity contribution is 0.411. The molecule has 0 saturated heterocycles. The average molecular weight is 246 g/mol. The van der Waals surface area contributed by atoms with Crippen LogP contribution in [0.5, 0.6) is 0 Å². The van der Waals surface area contributed by atoms with Crippen molar-refractivity contribution in [1.82, 2.24) is 14.2 Å². The normalized spacial score (nSPS) is 23.8. The summed E-state index contributed by atoms with van der Waals surface area (Å²) in [4.78, 5) is 12.1. The maximum atomic E-state index is 12.1. The zero-order chi connectivity index (χ0) is 12.5. The molecule has 1 saturated carbocycles. The van der Waals surface area contributed by atoms with Gasteiger partial charge in [0, 0.05) is 25.0 Å². The van der Waals surface area contributed by atoms with Gasteiger partial charge in [0.05, 0.1) is 6.20 Å². The smallest absolute Gasteiger partial charge is 0.276 e. The lowest BCUT2D eigenvalue weighted by Gasteiger charge is -2.15. The molecule has 2 heterocycles. The van der Waals surface area contributed by atoms with Gasteiger partial charge in [-0.05, 0) is 31.2 Å². The third-order valence-electron chi connectivity index (χ3n) is 4.00. The van der Waals surface area contributed by atoms with E-state index in [9.17, 15) is 4.79 Å². The summed E-state index contributed by atoms with van der Waals surface area (Å²) in [5.41, 5.74) is 6.72. The van der Waals surface area contributed by atoms with Gasteiger partial charge in [-0.1, -0.05) is 6.42 Å². The van der Waals surface area contributed by atoms with Gasteiger partial charge in [0.25, 0.3) is 5.56 Å². The molecule has 0 bridgehead atoms. The first kappa shape index (κ1) is 11.5. The van der Waals surface area contributed by atoms with Crippen molar-refractivity contribution < 1.29 is 0 Å². The van der Waals surface area contributed by atoms with E-state index in [4.69, 9.17) is 5.73 Å². The van der Waals surface area contributed by atoms with Crippen LogP contribution >= 0.6 is 0 Å². The third kappa shape index (κ3) is 1.95. The number of fused-ring (bicyclic) bond motifs is 1. The van der Waals surface area contributed by atoms with E-state index >= 15 is 0 Å². The number of aromatic nitrogens is 3. The summed E-state index contributed by atoms with van der Waals surface area (Å²) >= 11 is 0. The van der Waals surface area contributed by atoms with E-state index < -0.39 is 0 Å². The fraction of sp³-hybridized carbons (Fsp3) is 0.538. The standard InChI is InChI=1S/C13H18N4O/c14-11-3-1-2-10(11)5-7-16-8-9-17-12(13(16)18)4-6-15-17/h4,6,8-11H,1-3,5,7,14H2. The molecule has 96 valence electrons. The van der Waals surface area contributed by atoms with E-state index in [2.05, 4.69) is 5.10 Å². The summed E-state index contributed by atoms with van der Waals surface area (Å²) in [5.74, 6) is 0.568. The molecular weight excluding hydrogens is 228 g/mol. The number of aryl methyl sites for hydroxylation is 1. The van der Waals surface area contributed by atoms with Gasteiger partial charge in [-0.15, -0.1) is 0 Å². The average Bonchev–Trinajstić information content (AvgIpc) is 2.98. The Morgan fingerprint density at radius 1 is 1.39 bits per heavy atom. The second-order valence-electron chi connectivity index (χ2n) is 5.10. The summed E-state index contributed by atoms with van der Waals surface area (Å²) in [5, 5.41) is 4.05. The van der Waals surface area contributed by atoms with E-state index in [1.54, 1.807) is 21.3 Å². The van der Waals surface area contributed by atoms with Crippen molar-refractivity contribution in [2.24, 2.45) is 11.7 Å². The van der Waals surface area contributed by atoms with Gasteiger partial charge in [-0.25, -0.2) is 4.52 Å². The second-order valence-corrected chi connectivity index (χ2v) is 5.10. The Kier molecular flexibility index (Phi) is 2.91. The molecule has 0 radical (unpaired) electrons. The summed E-state index contributed by atoms with van der Waals surface area (Å²) in [6.07, 6.45) is 9.82. The molecule has 2 aromatic rings. The second kappa shape index (κ2) is 4.57. The van der Waals surface area contributed by atoms with E-state index in [1.807, 2.05) is 12.4 Å². The molecule has 0 aliphatic heterocycles. The summed E-state index contributed by atoms with van der Waals surface area (Å²) in [6, 6.07) is 2.07. The van der Waals surface area contributed by atoms with Crippen LogP contribution in [0.3, 0.4) is 0 Å². The lowest BCUT2D eigenvalue weighted by atomic mass is 10.0. The predicted octanol–water partition coefficient (Wildman–Crippen LogP) is 1.01. The van der Waals surface area contributed by atoms with E-state index in [1.165, 1.54) is 12.8 Å². The van der Waals surface area contributed by atoms with Gasteiger partial charge in [0.1, 0.15) is 5.52 Å². The molecule has 0 amide bonds. The van der Waals surface area contributed by atoms with Crippen LogP contribution in [-0.2, 0) is 6.54 Å². The molecule has 1 fully saturated rings. The number of nitrogens with two attached hydrogens (primary N) is 1. The van der Waals surface area contributed by atoms with Crippen molar-refractivity contribution in [3.05, 3.63) is 35.0 Å². The minimum atomic E-state index is 0.0292. The highest BCUT2D eigenvalue weighted by atomic mass is 16.1. The summed E-state index contributed by atoms with van der Waals surface area (Å²) in [6.45, 7) is 0.749. The minimum absolute atomic E-state index is 0.0292. The van der Waals surface area contributed by atoms with E-state index in [-0.39, 0.29) is 5.56 Å². The molecule has 3 rings (SSSR count). The Bertz CT molecular complexity index is 600. The highest BCUT2D eigenvalue weighted by Crippen LogP contribution is 2.26. The molecule has 5 nitrogen and oxygen atoms in total. The Morgan fingerprint density at radius 2 is 2.28 bits per heavy atom. The van der Waals surface area contributed by atoms with E-state index in [0.29, 0.717) is 17.5 Å². The first-order valence-electron chi connectivity index (χ1n) is 6.54. The van der Waals surface area contributed by atoms with Crippen molar-refractivity contribution in [2.75, 3.05) is 0 Å². The third-order valence-corrected chi connectivity index (χ3v) is 4.00. The predicted molar refractivity (Wildman–Crippen MR) is 69.4 cm³/mol. The van der Waals surface area contributed by atoms with Crippen LogP contribution in [0, 0.1) is 5.92 Å². The van der Waals surface area contributed by atoms with Gasteiger partial charge in [0.15, 0.2) is 0 Å². The molecule has 1 aliphatic carbocycles. The molecule has 2 atom stereocenters. The van der Waals surface area contributed by atoms with Crippen LogP contribution in [0.4, 0.5) is 0 Å². The SMILES string of the molecule is NC1CCCC1CCn1ccn2nccc2c1=O. The number of rotatable bonds is 3. The van der Waals surface area contributed by atoms with Gasteiger partial charge in [0.2, 0.25) is 0 Å². The van der Waals surface area contributed by atoms with Gasteiger partial charge in [-0.2, -0.15) is 5.10 Å². The van der Waals surface area contributed by atoms with Gasteiger partial charge in [-0.3, -0.25) is 4.79 Å². The maximum absolute atomic E-state index is 12.1. The molecule has 0 spiro atoms. The molecule has 18 heavy (non-hydrogen) atoms. The summed E-state index contributed by atoms with van der Waals surface area (Å²) in [7, 11) is 0. The maximum Gasteiger partial charge on any atom is 0.276 e. The van der Waals surface area contributed by atoms with Crippen LogP contribution in [-0.4, -0.2) is 20.2 Å². The fourth-order valence-corrected chi connectivity index (χ4v) is 2.87. The minimum Gasteiger partial charge on any atom is -0.327 e. The molecule has 1 aliphatic rings. The van der Waals surface area contributed by atoms with Gasteiger partial charge >= 0.3 is 0 Å². The Morgan fingerprint density at radius 3 is 3.06 bits per heavy atom. The number of nitrogens with zero attached hydrogens (tertiary/aromatic N) is 3. The van der Waals surface area contributed by atoms with Crippen molar-refractivity contribution in [3.63, 3.8) is 0 Å². The van der Waals surface area contributed by atoms with Crippen LogP contribution in [0.2, 0.25) is 0 Å². The Labute approximate surface area is 105 Å². The molecule has 5 heteroatoms. The summed E-state index contributed by atoms with van der Waals surface area (Å²) < 4.78 is 3.38. The quantitative estimate of drug-likeness (QED) is 0.879. The molecular formula is C13H18N4O. The Hall–Kier alpha value is -1.62. The monoisotopic (exact) mass is 246 g/mol. The van der Waals surface area contributed by atoms with Crippen molar-refractivity contribution in [1.29, 1.82) is 0 Å². The molecule has 2 aromatic heterocycles. The van der Waals surface area contributed by atoms with Crippen LogP contribution < -0.4 is 11.3 Å². The highest BCUT2D eigenvalue weighted by molar-refractivity contribution is 5.42. The first-order valence-corrected chi connectivity index (χ1v) is 6.54. The number of hydrogen-bond donors (Lipinski definition) is 1. The van der Waals surface area contributed by atoms with Crippen LogP contribution in [0.25, 0.3) is 5.52 Å². The molecule has 0 aromatic carbocycles. The van der Waals surface area contributed by atoms with Crippen molar-refractivity contribution in [3.8, 4) is 0 Å². The van der Waals surface area contributed by atoms with Crippen molar-refractivity contribution in [2.45, 2.75) is 38.3 Å². The van der Waals surface area contributed by atoms with E-state index in [0.717, 1.165) is 19.4 Å². The van der Waals surface area contributed by atoms with Gasteiger partial charge < -0.3 is 10.3 Å². The Balaban J connectivity index is 1.78. The highest BCUT2D eigenvalue weighted by Gasteiger charge is 2.23. The lowest BCUT2D eigenvalue weighted by Crippen LogP contribution is -2.28. The first-order chi connectivity index (χ1) is 8.75. The van der Waals surface area contributed by atoms with Crippen molar-refractivity contribution >= 4 is 5.52 Å². The van der Waals surface area contributed by atoms with Crippen LogP contribution in [0.15, 0.2) is 29.5 Å². The number of hydrogen-bond acceptors (Lipinski definition) is 3. The largest absolute Gasteiger partial charge is 0.327 e.